The molecule has 0 unspecified atom stereocenters. The normalized spacial score (nSPS) is 14.8. The van der Waals surface area contributed by atoms with E-state index in [9.17, 15) is 4.79 Å². The van der Waals surface area contributed by atoms with Crippen molar-refractivity contribution in [1.82, 2.24) is 30.0 Å². The minimum atomic E-state index is -0.137. The smallest absolute Gasteiger partial charge is 0.321 e. The van der Waals surface area contributed by atoms with Crippen LogP contribution in [0.5, 0.6) is 0 Å². The number of carbonyl (C=O) groups is 1. The second-order valence-corrected chi connectivity index (χ2v) is 7.42. The maximum atomic E-state index is 12.5. The van der Waals surface area contributed by atoms with Gasteiger partial charge < -0.3 is 10.2 Å². The summed E-state index contributed by atoms with van der Waals surface area (Å²) in [5, 5.41) is 15.5. The van der Waals surface area contributed by atoms with Gasteiger partial charge in [-0.15, -0.1) is 5.10 Å². The Labute approximate surface area is 174 Å². The number of halogens is 1. The molecule has 0 spiro atoms. The van der Waals surface area contributed by atoms with Gasteiger partial charge in [0.25, 0.3) is 0 Å². The summed E-state index contributed by atoms with van der Waals surface area (Å²) in [5.41, 5.74) is 2.75. The zero-order chi connectivity index (χ0) is 20.2. The summed E-state index contributed by atoms with van der Waals surface area (Å²) in [6, 6.07) is 15.2. The van der Waals surface area contributed by atoms with Crippen LogP contribution in [0.3, 0.4) is 0 Å². The van der Waals surface area contributed by atoms with Crippen LogP contribution in [0.4, 0.5) is 10.5 Å². The molecule has 2 heterocycles. The number of aryl methyl sites for hydroxylation is 1. The fraction of sp³-hybridized carbons (Fsp3) is 0.300. The third-order valence-corrected chi connectivity index (χ3v) is 5.28. The zero-order valence-electron chi connectivity index (χ0n) is 16.1. The first-order valence-corrected chi connectivity index (χ1v) is 9.85. The van der Waals surface area contributed by atoms with Gasteiger partial charge in [0.15, 0.2) is 5.82 Å². The molecule has 150 valence electrons. The van der Waals surface area contributed by atoms with Gasteiger partial charge in [0, 0.05) is 26.2 Å². The third-order valence-electron chi connectivity index (χ3n) is 4.95. The highest BCUT2D eigenvalue weighted by Gasteiger charge is 2.23. The molecule has 1 aromatic heterocycles. The zero-order valence-corrected chi connectivity index (χ0v) is 16.9. The molecule has 2 amide bonds. The molecular weight excluding hydrogens is 390 g/mol. The van der Waals surface area contributed by atoms with Gasteiger partial charge in [-0.1, -0.05) is 41.4 Å². The monoisotopic (exact) mass is 411 g/mol. The van der Waals surface area contributed by atoms with Gasteiger partial charge in [0.2, 0.25) is 0 Å². The van der Waals surface area contributed by atoms with Gasteiger partial charge in [0.05, 0.1) is 22.9 Å². The molecule has 0 bridgehead atoms. The summed E-state index contributed by atoms with van der Waals surface area (Å²) >= 11 is 6.12. The van der Waals surface area contributed by atoms with Crippen molar-refractivity contribution in [3.8, 4) is 5.69 Å². The number of rotatable bonds is 4. The number of aromatic nitrogens is 4. The van der Waals surface area contributed by atoms with E-state index in [1.807, 2.05) is 43.3 Å². The van der Waals surface area contributed by atoms with Crippen LogP contribution in [0, 0.1) is 6.92 Å². The van der Waals surface area contributed by atoms with E-state index in [1.54, 1.807) is 21.7 Å². The highest BCUT2D eigenvalue weighted by atomic mass is 35.5. The largest absolute Gasteiger partial charge is 0.322 e. The van der Waals surface area contributed by atoms with E-state index in [0.717, 1.165) is 24.6 Å². The Kier molecular flexibility index (Phi) is 5.73. The van der Waals surface area contributed by atoms with Crippen LogP contribution in [-0.4, -0.2) is 62.2 Å². The number of amides is 2. The molecule has 9 heteroatoms. The van der Waals surface area contributed by atoms with E-state index in [2.05, 4.69) is 25.7 Å². The highest BCUT2D eigenvalue weighted by molar-refractivity contribution is 6.33. The minimum Gasteiger partial charge on any atom is -0.322 e. The molecule has 4 rings (SSSR count). The molecule has 0 atom stereocenters. The fourth-order valence-electron chi connectivity index (χ4n) is 3.26. The Morgan fingerprint density at radius 3 is 2.52 bits per heavy atom. The van der Waals surface area contributed by atoms with Crippen LogP contribution >= 0.6 is 11.6 Å². The van der Waals surface area contributed by atoms with E-state index < -0.39 is 0 Å². The lowest BCUT2D eigenvalue weighted by atomic mass is 10.2. The molecule has 1 aliphatic heterocycles. The van der Waals surface area contributed by atoms with Crippen molar-refractivity contribution in [2.24, 2.45) is 0 Å². The Hall–Kier alpha value is -2.97. The lowest BCUT2D eigenvalue weighted by molar-refractivity contribution is 0.140. The molecule has 1 saturated heterocycles. The number of piperazine rings is 1. The van der Waals surface area contributed by atoms with Gasteiger partial charge >= 0.3 is 6.03 Å². The van der Waals surface area contributed by atoms with E-state index in [-0.39, 0.29) is 6.03 Å². The van der Waals surface area contributed by atoms with Crippen molar-refractivity contribution in [2.75, 3.05) is 31.5 Å². The van der Waals surface area contributed by atoms with Crippen molar-refractivity contribution >= 4 is 23.3 Å². The van der Waals surface area contributed by atoms with Crippen LogP contribution < -0.4 is 5.32 Å². The Balaban J connectivity index is 1.34. The summed E-state index contributed by atoms with van der Waals surface area (Å²) < 4.78 is 1.76. The highest BCUT2D eigenvalue weighted by Crippen LogP contribution is 2.21. The number of hydrogen-bond acceptors (Lipinski definition) is 5. The SMILES string of the molecule is Cc1ccc(-n2nnnc2CN2CCN(C(=O)Nc3ccccc3Cl)CC2)cc1. The average molecular weight is 412 g/mol. The Bertz CT molecular complexity index is 981. The summed E-state index contributed by atoms with van der Waals surface area (Å²) in [5.74, 6) is 0.780. The van der Waals surface area contributed by atoms with Gasteiger partial charge in [-0.3, -0.25) is 4.90 Å². The van der Waals surface area contributed by atoms with Crippen LogP contribution in [-0.2, 0) is 6.54 Å². The number of urea groups is 1. The van der Waals surface area contributed by atoms with Crippen molar-refractivity contribution in [3.05, 3.63) is 64.9 Å². The number of carbonyl (C=O) groups excluding carboxylic acids is 1. The number of hydrogen-bond donors (Lipinski definition) is 1. The van der Waals surface area contributed by atoms with Crippen LogP contribution in [0.25, 0.3) is 5.69 Å². The molecule has 1 N–H and O–H groups in total. The molecular formula is C20H22ClN7O. The number of nitrogens with zero attached hydrogens (tertiary/aromatic N) is 6. The third kappa shape index (κ3) is 4.55. The molecule has 8 nitrogen and oxygen atoms in total. The van der Waals surface area contributed by atoms with E-state index in [0.29, 0.717) is 30.3 Å². The topological polar surface area (TPSA) is 79.2 Å². The first-order valence-electron chi connectivity index (χ1n) is 9.47. The molecule has 1 fully saturated rings. The number of nitrogens with one attached hydrogen (secondary N) is 1. The molecule has 1 aliphatic rings. The quantitative estimate of drug-likeness (QED) is 0.714. The number of tetrazole rings is 1. The maximum absolute atomic E-state index is 12.5. The molecule has 0 aliphatic carbocycles. The molecule has 3 aromatic rings. The first-order chi connectivity index (χ1) is 14.1. The standard InChI is InChI=1S/C20H22ClN7O/c1-15-6-8-16(9-7-15)28-19(23-24-25-28)14-26-10-12-27(13-11-26)20(29)22-18-5-3-2-4-17(18)21/h2-9H,10-14H2,1H3,(H,22,29). The van der Waals surface area contributed by atoms with E-state index >= 15 is 0 Å². The summed E-state index contributed by atoms with van der Waals surface area (Å²) in [6.07, 6.45) is 0. The summed E-state index contributed by atoms with van der Waals surface area (Å²) in [7, 11) is 0. The lowest BCUT2D eigenvalue weighted by Crippen LogP contribution is -2.49. The average Bonchev–Trinajstić information content (AvgIpc) is 3.19. The molecule has 0 radical (unpaired) electrons. The van der Waals surface area contributed by atoms with Crippen molar-refractivity contribution in [3.63, 3.8) is 0 Å². The van der Waals surface area contributed by atoms with Crippen molar-refractivity contribution in [2.45, 2.75) is 13.5 Å². The summed E-state index contributed by atoms with van der Waals surface area (Å²) in [6.45, 7) is 5.42. The number of para-hydroxylation sites is 1. The maximum Gasteiger partial charge on any atom is 0.321 e. The molecule has 0 saturated carbocycles. The van der Waals surface area contributed by atoms with Crippen molar-refractivity contribution in [1.29, 1.82) is 0 Å². The first kappa shape index (κ1) is 19.4. The molecule has 29 heavy (non-hydrogen) atoms. The van der Waals surface area contributed by atoms with Gasteiger partial charge in [-0.25, -0.2) is 4.79 Å². The number of anilines is 1. The summed E-state index contributed by atoms with van der Waals surface area (Å²) in [4.78, 5) is 16.6. The van der Waals surface area contributed by atoms with Crippen LogP contribution in [0.15, 0.2) is 48.5 Å². The van der Waals surface area contributed by atoms with Gasteiger partial charge in [0.1, 0.15) is 0 Å². The van der Waals surface area contributed by atoms with Gasteiger partial charge in [-0.05, 0) is 41.6 Å². The van der Waals surface area contributed by atoms with Crippen LogP contribution in [0.1, 0.15) is 11.4 Å². The van der Waals surface area contributed by atoms with Crippen molar-refractivity contribution < 1.29 is 4.79 Å². The van der Waals surface area contributed by atoms with Crippen LogP contribution in [0.2, 0.25) is 5.02 Å². The predicted molar refractivity (Wildman–Crippen MR) is 111 cm³/mol. The van der Waals surface area contributed by atoms with Gasteiger partial charge in [-0.2, -0.15) is 4.68 Å². The number of benzene rings is 2. The van der Waals surface area contributed by atoms with E-state index in [1.165, 1.54) is 5.56 Å². The minimum absolute atomic E-state index is 0.137. The molecule has 2 aromatic carbocycles. The Morgan fingerprint density at radius 2 is 1.79 bits per heavy atom. The lowest BCUT2D eigenvalue weighted by Gasteiger charge is -2.34. The Morgan fingerprint density at radius 1 is 1.07 bits per heavy atom. The predicted octanol–water partition coefficient (Wildman–Crippen LogP) is 2.97. The second kappa shape index (κ2) is 8.59. The van der Waals surface area contributed by atoms with E-state index in [4.69, 9.17) is 11.6 Å². The second-order valence-electron chi connectivity index (χ2n) is 7.02. The fourth-order valence-corrected chi connectivity index (χ4v) is 3.44.